The molecule has 19 heavy (non-hydrogen) atoms. The lowest BCUT2D eigenvalue weighted by Crippen LogP contribution is -1.83. The first-order chi connectivity index (χ1) is 9.26. The minimum absolute atomic E-state index is 0.0110. The van der Waals surface area contributed by atoms with Gasteiger partial charge < -0.3 is 10.1 Å². The summed E-state index contributed by atoms with van der Waals surface area (Å²) in [7, 11) is 0. The topological polar surface area (TPSA) is 36.0 Å². The molecule has 0 fully saturated rings. The average Bonchev–Trinajstić information content (AvgIpc) is 2.83. The summed E-state index contributed by atoms with van der Waals surface area (Å²) >= 11 is 7.80. The number of H-pyrrole nitrogens is 1. The lowest BCUT2D eigenvalue weighted by molar-refractivity contribution is 0.282. The molecule has 4 heteroatoms. The fourth-order valence-corrected chi connectivity index (χ4v) is 3.14. The van der Waals surface area contributed by atoms with Crippen molar-refractivity contribution in [2.75, 3.05) is 0 Å². The first kappa shape index (κ1) is 12.6. The van der Waals surface area contributed by atoms with Crippen LogP contribution in [0.4, 0.5) is 0 Å². The molecule has 0 atom stereocenters. The van der Waals surface area contributed by atoms with Gasteiger partial charge in [-0.15, -0.1) is 0 Å². The minimum atomic E-state index is 0.0110. The molecule has 0 spiro atoms. The van der Waals surface area contributed by atoms with Crippen LogP contribution < -0.4 is 0 Å². The van der Waals surface area contributed by atoms with Crippen molar-refractivity contribution in [1.29, 1.82) is 0 Å². The standard InChI is InChI=1S/C15H12ClNOS/c16-12-7-10(9-18)5-6-14(12)19-15-8-11-3-1-2-4-13(11)17-15/h1-8,17-18H,9H2. The minimum Gasteiger partial charge on any atom is -0.392 e. The predicted molar refractivity (Wildman–Crippen MR) is 79.8 cm³/mol. The number of aromatic amines is 1. The third kappa shape index (κ3) is 2.63. The van der Waals surface area contributed by atoms with E-state index in [1.807, 2.05) is 24.3 Å². The van der Waals surface area contributed by atoms with Gasteiger partial charge in [-0.25, -0.2) is 0 Å². The zero-order valence-corrected chi connectivity index (χ0v) is 11.6. The Labute approximate surface area is 120 Å². The molecule has 96 valence electrons. The molecule has 0 saturated carbocycles. The molecule has 3 rings (SSSR count). The van der Waals surface area contributed by atoms with E-state index in [9.17, 15) is 0 Å². The fourth-order valence-electron chi connectivity index (χ4n) is 1.95. The van der Waals surface area contributed by atoms with E-state index in [1.54, 1.807) is 17.8 Å². The molecule has 0 saturated heterocycles. The zero-order valence-electron chi connectivity index (χ0n) is 10.1. The SMILES string of the molecule is OCc1ccc(Sc2cc3ccccc3[nH]2)c(Cl)c1. The number of para-hydroxylation sites is 1. The Hall–Kier alpha value is -1.42. The second-order valence-corrected chi connectivity index (χ2v) is 5.74. The highest BCUT2D eigenvalue weighted by atomic mass is 35.5. The van der Waals surface area contributed by atoms with Crippen molar-refractivity contribution >= 4 is 34.3 Å². The lowest BCUT2D eigenvalue weighted by Gasteiger charge is -2.04. The zero-order chi connectivity index (χ0) is 13.2. The van der Waals surface area contributed by atoms with Crippen LogP contribution in [0.25, 0.3) is 10.9 Å². The van der Waals surface area contributed by atoms with E-state index in [-0.39, 0.29) is 6.61 Å². The van der Waals surface area contributed by atoms with Gasteiger partial charge in [0.05, 0.1) is 16.7 Å². The van der Waals surface area contributed by atoms with Gasteiger partial charge in [-0.2, -0.15) is 0 Å². The van der Waals surface area contributed by atoms with Crippen molar-refractivity contribution < 1.29 is 5.11 Å². The van der Waals surface area contributed by atoms with Crippen LogP contribution in [0.3, 0.4) is 0 Å². The Balaban J connectivity index is 1.92. The van der Waals surface area contributed by atoms with Gasteiger partial charge in [-0.1, -0.05) is 47.6 Å². The van der Waals surface area contributed by atoms with E-state index in [2.05, 4.69) is 23.2 Å². The summed E-state index contributed by atoms with van der Waals surface area (Å²) in [6.07, 6.45) is 0. The van der Waals surface area contributed by atoms with Crippen LogP contribution in [-0.4, -0.2) is 10.1 Å². The molecule has 0 radical (unpaired) electrons. The van der Waals surface area contributed by atoms with Crippen LogP contribution in [-0.2, 0) is 6.61 Å². The summed E-state index contributed by atoms with van der Waals surface area (Å²) < 4.78 is 0. The quantitative estimate of drug-likeness (QED) is 0.746. The largest absolute Gasteiger partial charge is 0.392 e. The van der Waals surface area contributed by atoms with Gasteiger partial charge in [0, 0.05) is 15.8 Å². The molecule has 2 aromatic carbocycles. The highest BCUT2D eigenvalue weighted by Crippen LogP contribution is 2.34. The van der Waals surface area contributed by atoms with Gasteiger partial charge in [-0.05, 0) is 29.8 Å². The number of rotatable bonds is 3. The number of hydrogen-bond donors (Lipinski definition) is 2. The number of aliphatic hydroxyl groups excluding tert-OH is 1. The van der Waals surface area contributed by atoms with Crippen molar-refractivity contribution in [1.82, 2.24) is 4.98 Å². The number of halogens is 1. The van der Waals surface area contributed by atoms with Crippen molar-refractivity contribution in [2.24, 2.45) is 0 Å². The van der Waals surface area contributed by atoms with Crippen LogP contribution in [0.2, 0.25) is 5.02 Å². The van der Waals surface area contributed by atoms with Crippen molar-refractivity contribution in [3.63, 3.8) is 0 Å². The monoisotopic (exact) mass is 289 g/mol. The molecular weight excluding hydrogens is 278 g/mol. The van der Waals surface area contributed by atoms with Crippen LogP contribution in [0.15, 0.2) is 58.5 Å². The Morgan fingerprint density at radius 2 is 1.95 bits per heavy atom. The highest BCUT2D eigenvalue weighted by molar-refractivity contribution is 7.99. The fraction of sp³-hybridized carbons (Fsp3) is 0.0667. The van der Waals surface area contributed by atoms with E-state index in [0.29, 0.717) is 5.02 Å². The van der Waals surface area contributed by atoms with Crippen molar-refractivity contribution in [2.45, 2.75) is 16.5 Å². The predicted octanol–water partition coefficient (Wildman–Crippen LogP) is 4.46. The molecule has 1 heterocycles. The maximum atomic E-state index is 9.07. The molecule has 0 aliphatic heterocycles. The summed E-state index contributed by atoms with van der Waals surface area (Å²) in [5, 5.41) is 12.0. The van der Waals surface area contributed by atoms with Crippen molar-refractivity contribution in [3.8, 4) is 0 Å². The number of benzene rings is 2. The number of aromatic nitrogens is 1. The Kier molecular flexibility index (Phi) is 3.51. The first-order valence-corrected chi connectivity index (χ1v) is 7.10. The average molecular weight is 290 g/mol. The van der Waals surface area contributed by atoms with Gasteiger partial charge in [-0.3, -0.25) is 0 Å². The van der Waals surface area contributed by atoms with Crippen LogP contribution in [0, 0.1) is 0 Å². The Morgan fingerprint density at radius 3 is 2.68 bits per heavy atom. The molecular formula is C15H12ClNOS. The second kappa shape index (κ2) is 5.29. The van der Waals surface area contributed by atoms with E-state index in [4.69, 9.17) is 16.7 Å². The van der Waals surface area contributed by atoms with E-state index >= 15 is 0 Å². The van der Waals surface area contributed by atoms with Gasteiger partial charge in [0.2, 0.25) is 0 Å². The maximum absolute atomic E-state index is 9.07. The molecule has 0 bridgehead atoms. The Morgan fingerprint density at radius 1 is 1.11 bits per heavy atom. The Bertz CT molecular complexity index is 690. The van der Waals surface area contributed by atoms with E-state index in [1.165, 1.54) is 5.39 Å². The summed E-state index contributed by atoms with van der Waals surface area (Å²) in [5.74, 6) is 0. The van der Waals surface area contributed by atoms with Gasteiger partial charge in [0.25, 0.3) is 0 Å². The van der Waals surface area contributed by atoms with E-state index in [0.717, 1.165) is 21.0 Å². The molecule has 1 aromatic heterocycles. The molecule has 3 aromatic rings. The second-order valence-electron chi connectivity index (χ2n) is 4.25. The molecule has 0 aliphatic rings. The number of hydrogen-bond acceptors (Lipinski definition) is 2. The lowest BCUT2D eigenvalue weighted by atomic mass is 10.2. The maximum Gasteiger partial charge on any atom is 0.0781 e. The number of fused-ring (bicyclic) bond motifs is 1. The van der Waals surface area contributed by atoms with Crippen LogP contribution >= 0.6 is 23.4 Å². The number of nitrogens with one attached hydrogen (secondary N) is 1. The van der Waals surface area contributed by atoms with Gasteiger partial charge in [0.15, 0.2) is 0 Å². The summed E-state index contributed by atoms with van der Waals surface area (Å²) in [5.41, 5.74) is 1.94. The van der Waals surface area contributed by atoms with Gasteiger partial charge >= 0.3 is 0 Å². The smallest absolute Gasteiger partial charge is 0.0781 e. The summed E-state index contributed by atoms with van der Waals surface area (Å²) in [6.45, 7) is 0.0110. The van der Waals surface area contributed by atoms with E-state index < -0.39 is 0 Å². The van der Waals surface area contributed by atoms with Crippen LogP contribution in [0.5, 0.6) is 0 Å². The molecule has 2 N–H and O–H groups in total. The van der Waals surface area contributed by atoms with Crippen LogP contribution in [0.1, 0.15) is 5.56 Å². The molecule has 0 unspecified atom stereocenters. The number of aliphatic hydroxyl groups is 1. The molecule has 0 amide bonds. The molecule has 0 aliphatic carbocycles. The van der Waals surface area contributed by atoms with Crippen molar-refractivity contribution in [3.05, 3.63) is 59.1 Å². The normalized spacial score (nSPS) is 11.1. The first-order valence-electron chi connectivity index (χ1n) is 5.91. The highest BCUT2D eigenvalue weighted by Gasteiger charge is 2.06. The summed E-state index contributed by atoms with van der Waals surface area (Å²) in [6, 6.07) is 15.9. The molecule has 2 nitrogen and oxygen atoms in total. The third-order valence-electron chi connectivity index (χ3n) is 2.90. The third-order valence-corrected chi connectivity index (χ3v) is 4.34. The van der Waals surface area contributed by atoms with Gasteiger partial charge in [0.1, 0.15) is 0 Å². The summed E-state index contributed by atoms with van der Waals surface area (Å²) in [4.78, 5) is 4.33.